The third-order valence-electron chi connectivity index (χ3n) is 2.12. The highest BCUT2D eigenvalue weighted by molar-refractivity contribution is 5.43. The van der Waals surface area contributed by atoms with E-state index in [1.54, 1.807) is 4.90 Å². The van der Waals surface area contributed by atoms with Crippen LogP contribution in [0.1, 0.15) is 13.3 Å². The van der Waals surface area contributed by atoms with Gasteiger partial charge in [-0.25, -0.2) is 15.2 Å². The molecule has 0 amide bonds. The lowest BCUT2D eigenvalue weighted by Crippen LogP contribution is -2.27. The number of hydrogen-bond donors (Lipinski definition) is 3. The minimum absolute atomic E-state index is 0.0607. The molecular formula is C9H16FN5O. The first kappa shape index (κ1) is 12.6. The Hall–Kier alpha value is -1.47. The maximum atomic E-state index is 13.5. The van der Waals surface area contributed by atoms with Gasteiger partial charge >= 0.3 is 0 Å². The fraction of sp³-hybridized carbons (Fsp3) is 0.556. The molecule has 0 aromatic carbocycles. The quantitative estimate of drug-likeness (QED) is 0.474. The molecule has 0 atom stereocenters. The van der Waals surface area contributed by atoms with Gasteiger partial charge in [-0.1, -0.05) is 0 Å². The molecule has 1 heterocycles. The molecule has 0 bridgehead atoms. The van der Waals surface area contributed by atoms with E-state index in [9.17, 15) is 4.39 Å². The number of halogens is 1. The van der Waals surface area contributed by atoms with Gasteiger partial charge in [-0.2, -0.15) is 4.98 Å². The van der Waals surface area contributed by atoms with E-state index in [1.807, 2.05) is 6.92 Å². The van der Waals surface area contributed by atoms with Crippen LogP contribution < -0.4 is 16.2 Å². The number of hydrazine groups is 1. The van der Waals surface area contributed by atoms with Gasteiger partial charge in [0.1, 0.15) is 0 Å². The SMILES string of the molecule is CCN(CCCO)c1nc(NN)ncc1F. The Bertz CT molecular complexity index is 336. The predicted molar refractivity (Wildman–Crippen MR) is 59.4 cm³/mol. The normalized spacial score (nSPS) is 10.2. The van der Waals surface area contributed by atoms with Gasteiger partial charge in [0.05, 0.1) is 6.20 Å². The summed E-state index contributed by atoms with van der Waals surface area (Å²) in [5.41, 5.74) is 2.26. The molecule has 0 aliphatic rings. The first-order valence-electron chi connectivity index (χ1n) is 5.07. The highest BCUT2D eigenvalue weighted by Crippen LogP contribution is 2.16. The lowest BCUT2D eigenvalue weighted by Gasteiger charge is -2.21. The number of nitrogens with one attached hydrogen (secondary N) is 1. The summed E-state index contributed by atoms with van der Waals surface area (Å²) in [7, 11) is 0. The first-order valence-corrected chi connectivity index (χ1v) is 5.07. The van der Waals surface area contributed by atoms with E-state index in [1.165, 1.54) is 0 Å². The lowest BCUT2D eigenvalue weighted by atomic mass is 10.3. The molecule has 4 N–H and O–H groups in total. The van der Waals surface area contributed by atoms with E-state index in [0.29, 0.717) is 19.5 Å². The monoisotopic (exact) mass is 229 g/mol. The van der Waals surface area contributed by atoms with Crippen LogP contribution in [0.25, 0.3) is 0 Å². The van der Waals surface area contributed by atoms with Gasteiger partial charge in [0.2, 0.25) is 5.95 Å². The zero-order chi connectivity index (χ0) is 12.0. The van der Waals surface area contributed by atoms with Gasteiger partial charge in [-0.15, -0.1) is 0 Å². The second kappa shape index (κ2) is 6.19. The standard InChI is InChI=1S/C9H16FN5O/c1-2-15(4-3-5-16)8-7(10)6-12-9(13-8)14-11/h6,16H,2-5,11H2,1H3,(H,12,13,14). The predicted octanol–water partition coefficient (Wildman–Crippen LogP) is 0.110. The highest BCUT2D eigenvalue weighted by Gasteiger charge is 2.12. The Morgan fingerprint density at radius 2 is 2.38 bits per heavy atom. The molecule has 0 saturated heterocycles. The van der Waals surface area contributed by atoms with Crippen LogP contribution in [0.4, 0.5) is 16.2 Å². The number of nitrogens with zero attached hydrogens (tertiary/aromatic N) is 3. The number of aliphatic hydroxyl groups excluding tert-OH is 1. The van der Waals surface area contributed by atoms with Crippen molar-refractivity contribution >= 4 is 11.8 Å². The Kier molecular flexibility index (Phi) is 4.87. The molecule has 6 nitrogen and oxygen atoms in total. The van der Waals surface area contributed by atoms with Crippen molar-refractivity contribution in [1.29, 1.82) is 0 Å². The number of anilines is 2. The van der Waals surface area contributed by atoms with Crippen molar-refractivity contribution in [3.8, 4) is 0 Å². The number of rotatable bonds is 6. The summed E-state index contributed by atoms with van der Waals surface area (Å²) < 4.78 is 13.5. The van der Waals surface area contributed by atoms with Crippen LogP contribution in [-0.2, 0) is 0 Å². The summed E-state index contributed by atoms with van der Waals surface area (Å²) in [6.45, 7) is 3.07. The van der Waals surface area contributed by atoms with Gasteiger partial charge in [0, 0.05) is 19.7 Å². The van der Waals surface area contributed by atoms with Crippen LogP contribution in [0, 0.1) is 5.82 Å². The minimum atomic E-state index is -0.501. The molecule has 0 saturated carbocycles. The Balaban J connectivity index is 2.89. The lowest BCUT2D eigenvalue weighted by molar-refractivity contribution is 0.289. The van der Waals surface area contributed by atoms with Crippen molar-refractivity contribution in [3.05, 3.63) is 12.0 Å². The van der Waals surface area contributed by atoms with Crippen molar-refractivity contribution in [2.75, 3.05) is 30.0 Å². The van der Waals surface area contributed by atoms with E-state index in [2.05, 4.69) is 15.4 Å². The van der Waals surface area contributed by atoms with E-state index in [0.717, 1.165) is 6.20 Å². The van der Waals surface area contributed by atoms with Gasteiger partial charge in [0.15, 0.2) is 11.6 Å². The third kappa shape index (κ3) is 3.01. The highest BCUT2D eigenvalue weighted by atomic mass is 19.1. The molecule has 16 heavy (non-hydrogen) atoms. The summed E-state index contributed by atoms with van der Waals surface area (Å²) in [6.07, 6.45) is 1.63. The Morgan fingerprint density at radius 3 is 2.94 bits per heavy atom. The number of aliphatic hydroxyl groups is 1. The fourth-order valence-corrected chi connectivity index (χ4v) is 1.32. The number of aromatic nitrogens is 2. The zero-order valence-corrected chi connectivity index (χ0v) is 9.15. The van der Waals surface area contributed by atoms with Crippen LogP contribution >= 0.6 is 0 Å². The van der Waals surface area contributed by atoms with Crippen LogP contribution in [0.15, 0.2) is 6.20 Å². The molecule has 1 rings (SSSR count). The zero-order valence-electron chi connectivity index (χ0n) is 9.15. The maximum absolute atomic E-state index is 13.5. The van der Waals surface area contributed by atoms with E-state index in [4.69, 9.17) is 10.9 Å². The summed E-state index contributed by atoms with van der Waals surface area (Å²) in [5, 5.41) is 8.74. The van der Waals surface area contributed by atoms with Crippen LogP contribution in [0.2, 0.25) is 0 Å². The molecule has 1 aromatic rings. The molecule has 0 fully saturated rings. The maximum Gasteiger partial charge on any atom is 0.239 e. The van der Waals surface area contributed by atoms with Crippen LogP contribution in [0.5, 0.6) is 0 Å². The summed E-state index contributed by atoms with van der Waals surface area (Å²) in [5.74, 6) is 5.01. The average Bonchev–Trinajstić information content (AvgIpc) is 2.32. The van der Waals surface area contributed by atoms with Crippen LogP contribution in [-0.4, -0.2) is 34.8 Å². The summed E-state index contributed by atoms with van der Waals surface area (Å²) >= 11 is 0. The molecule has 1 aromatic heterocycles. The number of nitrogen functional groups attached to an aromatic ring is 1. The third-order valence-corrected chi connectivity index (χ3v) is 2.12. The molecule has 7 heteroatoms. The second-order valence-corrected chi connectivity index (χ2v) is 3.17. The van der Waals surface area contributed by atoms with Crippen LogP contribution in [0.3, 0.4) is 0 Å². The van der Waals surface area contributed by atoms with Crippen molar-refractivity contribution in [3.63, 3.8) is 0 Å². The van der Waals surface area contributed by atoms with E-state index in [-0.39, 0.29) is 18.4 Å². The largest absolute Gasteiger partial charge is 0.396 e. The minimum Gasteiger partial charge on any atom is -0.396 e. The molecule has 0 spiro atoms. The van der Waals surface area contributed by atoms with E-state index >= 15 is 0 Å². The van der Waals surface area contributed by atoms with Gasteiger partial charge in [-0.3, -0.25) is 5.43 Å². The van der Waals surface area contributed by atoms with Gasteiger partial charge in [-0.05, 0) is 13.3 Å². The number of hydrogen-bond acceptors (Lipinski definition) is 6. The first-order chi connectivity index (χ1) is 7.72. The van der Waals surface area contributed by atoms with Gasteiger partial charge in [0.25, 0.3) is 0 Å². The second-order valence-electron chi connectivity index (χ2n) is 3.17. The molecule has 90 valence electrons. The average molecular weight is 229 g/mol. The smallest absolute Gasteiger partial charge is 0.239 e. The Morgan fingerprint density at radius 1 is 1.62 bits per heavy atom. The molecule has 0 aliphatic carbocycles. The Labute approximate surface area is 93.3 Å². The van der Waals surface area contributed by atoms with Crippen molar-refractivity contribution in [1.82, 2.24) is 9.97 Å². The van der Waals surface area contributed by atoms with Crippen molar-refractivity contribution in [2.45, 2.75) is 13.3 Å². The van der Waals surface area contributed by atoms with Crippen molar-refractivity contribution in [2.24, 2.45) is 5.84 Å². The van der Waals surface area contributed by atoms with E-state index < -0.39 is 5.82 Å². The van der Waals surface area contributed by atoms with Crippen molar-refractivity contribution < 1.29 is 9.50 Å². The molecule has 0 radical (unpaired) electrons. The fourth-order valence-electron chi connectivity index (χ4n) is 1.32. The number of nitrogens with two attached hydrogens (primary N) is 1. The molecular weight excluding hydrogens is 213 g/mol. The molecule has 0 unspecified atom stereocenters. The molecule has 0 aliphatic heterocycles. The summed E-state index contributed by atoms with van der Waals surface area (Å²) in [4.78, 5) is 9.31. The topological polar surface area (TPSA) is 87.3 Å². The van der Waals surface area contributed by atoms with Gasteiger partial charge < -0.3 is 10.0 Å². The summed E-state index contributed by atoms with van der Waals surface area (Å²) in [6, 6.07) is 0.